The first-order chi connectivity index (χ1) is 12.7. The van der Waals surface area contributed by atoms with E-state index in [0.717, 1.165) is 10.6 Å². The minimum atomic E-state index is -0.471. The van der Waals surface area contributed by atoms with Crippen molar-refractivity contribution in [3.05, 3.63) is 65.1 Å². The van der Waals surface area contributed by atoms with Crippen molar-refractivity contribution in [2.45, 2.75) is 13.0 Å². The molecule has 8 heteroatoms. The van der Waals surface area contributed by atoms with E-state index in [1.54, 1.807) is 18.2 Å². The fraction of sp³-hybridized carbons (Fsp3) is 0.111. The molecule has 1 N–H and O–H groups in total. The van der Waals surface area contributed by atoms with E-state index < -0.39 is 5.76 Å². The summed E-state index contributed by atoms with van der Waals surface area (Å²) in [4.78, 5) is 24.1. The third-order valence-corrected chi connectivity index (χ3v) is 4.72. The number of oxazole rings is 1. The number of hydrogen-bond donors (Lipinski definition) is 1. The molecule has 7 nitrogen and oxygen atoms in total. The standard InChI is InChI=1S/C18H14N4O3S/c23-15(10-11-22-13-8-4-5-9-14(13)25-18(22)24)19-17-21-20-16(26-17)12-6-2-1-3-7-12/h1-9H,10-11H2,(H,19,21,23). The molecule has 0 radical (unpaired) electrons. The van der Waals surface area contributed by atoms with Crippen LogP contribution in [0.5, 0.6) is 0 Å². The van der Waals surface area contributed by atoms with E-state index in [1.807, 2.05) is 36.4 Å². The lowest BCUT2D eigenvalue weighted by Crippen LogP contribution is -2.19. The normalized spacial score (nSPS) is 10.9. The molecule has 26 heavy (non-hydrogen) atoms. The molecule has 4 rings (SSSR count). The first-order valence-corrected chi connectivity index (χ1v) is 8.79. The maximum Gasteiger partial charge on any atom is 0.419 e. The Kier molecular flexibility index (Phi) is 4.32. The van der Waals surface area contributed by atoms with Crippen LogP contribution in [0.15, 0.2) is 63.8 Å². The second-order valence-electron chi connectivity index (χ2n) is 5.56. The summed E-state index contributed by atoms with van der Waals surface area (Å²) in [5.74, 6) is -0.709. The van der Waals surface area contributed by atoms with Gasteiger partial charge in [-0.15, -0.1) is 10.2 Å². The molecule has 0 unspecified atom stereocenters. The summed E-state index contributed by atoms with van der Waals surface area (Å²) in [5, 5.41) is 12.0. The fourth-order valence-corrected chi connectivity index (χ4v) is 3.36. The predicted octanol–water partition coefficient (Wildman–Crippen LogP) is 3.14. The lowest BCUT2D eigenvalue weighted by Gasteiger charge is -2.02. The zero-order valence-electron chi connectivity index (χ0n) is 13.6. The average Bonchev–Trinajstić information content (AvgIpc) is 3.24. The van der Waals surface area contributed by atoms with Gasteiger partial charge in [0.1, 0.15) is 5.01 Å². The van der Waals surface area contributed by atoms with E-state index >= 15 is 0 Å². The second kappa shape index (κ2) is 6.93. The summed E-state index contributed by atoms with van der Waals surface area (Å²) >= 11 is 1.30. The van der Waals surface area contributed by atoms with E-state index in [9.17, 15) is 9.59 Å². The van der Waals surface area contributed by atoms with Gasteiger partial charge in [0.2, 0.25) is 11.0 Å². The fourth-order valence-electron chi connectivity index (χ4n) is 2.59. The molecule has 0 atom stereocenters. The molecule has 2 aromatic heterocycles. The number of fused-ring (bicyclic) bond motifs is 1. The highest BCUT2D eigenvalue weighted by atomic mass is 32.1. The van der Waals surface area contributed by atoms with Gasteiger partial charge in [-0.05, 0) is 12.1 Å². The summed E-state index contributed by atoms with van der Waals surface area (Å²) < 4.78 is 6.61. The number of nitrogens with one attached hydrogen (secondary N) is 1. The molecule has 0 aliphatic carbocycles. The zero-order chi connectivity index (χ0) is 17.9. The van der Waals surface area contributed by atoms with Crippen LogP contribution in [0.2, 0.25) is 0 Å². The van der Waals surface area contributed by atoms with Crippen LogP contribution >= 0.6 is 11.3 Å². The van der Waals surface area contributed by atoms with Crippen molar-refractivity contribution < 1.29 is 9.21 Å². The Hall–Kier alpha value is -3.26. The Morgan fingerprint density at radius 3 is 2.69 bits per heavy atom. The summed E-state index contributed by atoms with van der Waals surface area (Å²) in [6.07, 6.45) is 0.129. The molecule has 0 saturated heterocycles. The van der Waals surface area contributed by atoms with Crippen LogP contribution in [0.3, 0.4) is 0 Å². The maximum atomic E-state index is 12.2. The Labute approximate surface area is 151 Å². The van der Waals surface area contributed by atoms with Crippen LogP contribution in [0.4, 0.5) is 5.13 Å². The molecule has 0 aliphatic rings. The Balaban J connectivity index is 1.42. The Bertz CT molecular complexity index is 1110. The lowest BCUT2D eigenvalue weighted by atomic mass is 10.2. The number of hydrogen-bond acceptors (Lipinski definition) is 6. The van der Waals surface area contributed by atoms with Gasteiger partial charge in [-0.1, -0.05) is 53.8 Å². The third kappa shape index (κ3) is 3.27. The van der Waals surface area contributed by atoms with Gasteiger partial charge >= 0.3 is 5.76 Å². The van der Waals surface area contributed by atoms with Gasteiger partial charge in [0, 0.05) is 18.5 Å². The molecule has 4 aromatic rings. The largest absolute Gasteiger partial charge is 0.419 e. The molecule has 0 aliphatic heterocycles. The van der Waals surface area contributed by atoms with Crippen molar-refractivity contribution in [3.8, 4) is 10.6 Å². The number of amides is 1. The molecule has 0 spiro atoms. The molecule has 130 valence electrons. The van der Waals surface area contributed by atoms with Gasteiger partial charge in [0.25, 0.3) is 0 Å². The number of nitrogens with zero attached hydrogens (tertiary/aromatic N) is 3. The lowest BCUT2D eigenvalue weighted by molar-refractivity contribution is -0.116. The Morgan fingerprint density at radius 2 is 1.85 bits per heavy atom. The minimum absolute atomic E-state index is 0.129. The highest BCUT2D eigenvalue weighted by Gasteiger charge is 2.12. The first kappa shape index (κ1) is 16.2. The maximum absolute atomic E-state index is 12.2. The highest BCUT2D eigenvalue weighted by molar-refractivity contribution is 7.18. The van der Waals surface area contributed by atoms with Gasteiger partial charge < -0.3 is 9.73 Å². The van der Waals surface area contributed by atoms with Gasteiger partial charge in [0.15, 0.2) is 5.58 Å². The van der Waals surface area contributed by atoms with E-state index in [0.29, 0.717) is 16.2 Å². The monoisotopic (exact) mass is 366 g/mol. The van der Waals surface area contributed by atoms with Crippen molar-refractivity contribution in [1.29, 1.82) is 0 Å². The summed E-state index contributed by atoms with van der Waals surface area (Å²) in [6.45, 7) is 0.228. The van der Waals surface area contributed by atoms with Crippen molar-refractivity contribution in [2.75, 3.05) is 5.32 Å². The van der Waals surface area contributed by atoms with Crippen molar-refractivity contribution in [3.63, 3.8) is 0 Å². The van der Waals surface area contributed by atoms with Crippen LogP contribution in [-0.4, -0.2) is 20.7 Å². The number of carbonyl (C=O) groups is 1. The van der Waals surface area contributed by atoms with E-state index in [1.165, 1.54) is 15.9 Å². The second-order valence-corrected chi connectivity index (χ2v) is 6.54. The molecule has 1 amide bonds. The molecule has 0 fully saturated rings. The van der Waals surface area contributed by atoms with Gasteiger partial charge in [0.05, 0.1) is 5.52 Å². The number of aryl methyl sites for hydroxylation is 1. The summed E-state index contributed by atoms with van der Waals surface area (Å²) in [7, 11) is 0. The van der Waals surface area contributed by atoms with E-state index in [4.69, 9.17) is 4.42 Å². The van der Waals surface area contributed by atoms with Crippen molar-refractivity contribution >= 4 is 33.5 Å². The number of para-hydroxylation sites is 2. The van der Waals surface area contributed by atoms with E-state index in [-0.39, 0.29) is 18.9 Å². The summed E-state index contributed by atoms with van der Waals surface area (Å²) in [5.41, 5.74) is 2.13. The SMILES string of the molecule is O=C(CCn1c(=O)oc2ccccc21)Nc1nnc(-c2ccccc2)s1. The number of aromatic nitrogens is 3. The van der Waals surface area contributed by atoms with Gasteiger partial charge in [-0.25, -0.2) is 4.79 Å². The number of rotatable bonds is 5. The topological polar surface area (TPSA) is 90.0 Å². The molecular weight excluding hydrogens is 352 g/mol. The molecule has 0 bridgehead atoms. The third-order valence-electron chi connectivity index (χ3n) is 3.83. The smallest absolute Gasteiger partial charge is 0.408 e. The first-order valence-electron chi connectivity index (χ1n) is 7.98. The van der Waals surface area contributed by atoms with Crippen LogP contribution in [0, 0.1) is 0 Å². The number of benzene rings is 2. The molecule has 2 aromatic carbocycles. The molecular formula is C18H14N4O3S. The van der Waals surface area contributed by atoms with E-state index in [2.05, 4.69) is 15.5 Å². The molecule has 0 saturated carbocycles. The number of carbonyl (C=O) groups excluding carboxylic acids is 1. The van der Waals surface area contributed by atoms with Crippen LogP contribution in [0.1, 0.15) is 6.42 Å². The van der Waals surface area contributed by atoms with Crippen LogP contribution in [-0.2, 0) is 11.3 Å². The summed E-state index contributed by atoms with van der Waals surface area (Å²) in [6, 6.07) is 16.8. The van der Waals surface area contributed by atoms with Crippen LogP contribution < -0.4 is 11.1 Å². The number of anilines is 1. The molecule has 2 heterocycles. The predicted molar refractivity (Wildman–Crippen MR) is 99.1 cm³/mol. The quantitative estimate of drug-likeness (QED) is 0.586. The average molecular weight is 366 g/mol. The minimum Gasteiger partial charge on any atom is -0.408 e. The highest BCUT2D eigenvalue weighted by Crippen LogP contribution is 2.25. The van der Waals surface area contributed by atoms with Crippen molar-refractivity contribution in [2.24, 2.45) is 0 Å². The zero-order valence-corrected chi connectivity index (χ0v) is 14.4. The van der Waals surface area contributed by atoms with Crippen molar-refractivity contribution in [1.82, 2.24) is 14.8 Å². The Morgan fingerprint density at radius 1 is 1.08 bits per heavy atom. The van der Waals surface area contributed by atoms with Crippen LogP contribution in [0.25, 0.3) is 21.7 Å². The van der Waals surface area contributed by atoms with Gasteiger partial charge in [-0.3, -0.25) is 9.36 Å². The van der Waals surface area contributed by atoms with Gasteiger partial charge in [-0.2, -0.15) is 0 Å².